The van der Waals surface area contributed by atoms with Crippen LogP contribution in [0.5, 0.6) is 0 Å². The van der Waals surface area contributed by atoms with E-state index in [-0.39, 0.29) is 5.56 Å². The number of nitrogens with zero attached hydrogens (tertiary/aromatic N) is 1. The van der Waals surface area contributed by atoms with Crippen LogP contribution in [0, 0.1) is 13.8 Å². The molecule has 0 aliphatic rings. The van der Waals surface area contributed by atoms with Gasteiger partial charge in [-0.05, 0) is 25.0 Å². The summed E-state index contributed by atoms with van der Waals surface area (Å²) in [5.41, 5.74) is 2.34. The van der Waals surface area contributed by atoms with Crippen molar-refractivity contribution in [3.63, 3.8) is 0 Å². The second-order valence-electron chi connectivity index (χ2n) is 4.55. The van der Waals surface area contributed by atoms with Crippen molar-refractivity contribution >= 4 is 5.97 Å². The first-order chi connectivity index (χ1) is 8.99. The lowest BCUT2D eigenvalue weighted by molar-refractivity contribution is 0.0694. The first-order valence-electron chi connectivity index (χ1n) is 5.98. The number of aryl methyl sites for hydroxylation is 2. The van der Waals surface area contributed by atoms with Crippen LogP contribution in [0.4, 0.5) is 0 Å². The molecule has 4 nitrogen and oxygen atoms in total. The summed E-state index contributed by atoms with van der Waals surface area (Å²) >= 11 is 0. The van der Waals surface area contributed by atoms with Crippen LogP contribution in [0.3, 0.4) is 0 Å². The number of aromatic carboxylic acids is 1. The lowest BCUT2D eigenvalue weighted by Crippen LogP contribution is -2.19. The Kier molecular flexibility index (Phi) is 3.51. The molecule has 1 aromatic heterocycles. The Morgan fingerprint density at radius 2 is 1.95 bits per heavy atom. The summed E-state index contributed by atoms with van der Waals surface area (Å²) in [6.07, 6.45) is 1.41. The molecule has 4 heteroatoms. The lowest BCUT2D eigenvalue weighted by Gasteiger charge is -2.13. The normalized spacial score (nSPS) is 10.4. The van der Waals surface area contributed by atoms with Gasteiger partial charge in [0, 0.05) is 24.5 Å². The topological polar surface area (TPSA) is 59.3 Å². The predicted octanol–water partition coefficient (Wildman–Crippen LogP) is 2.21. The second-order valence-corrected chi connectivity index (χ2v) is 4.55. The van der Waals surface area contributed by atoms with Crippen molar-refractivity contribution in [3.05, 3.63) is 69.1 Å². The van der Waals surface area contributed by atoms with E-state index in [2.05, 4.69) is 0 Å². The van der Waals surface area contributed by atoms with Crippen molar-refractivity contribution in [1.82, 2.24) is 4.57 Å². The molecule has 0 unspecified atom stereocenters. The van der Waals surface area contributed by atoms with Crippen LogP contribution in [0.15, 0.2) is 41.3 Å². The molecule has 0 atom stereocenters. The van der Waals surface area contributed by atoms with Gasteiger partial charge in [0.2, 0.25) is 0 Å². The zero-order valence-corrected chi connectivity index (χ0v) is 10.9. The number of carboxylic acids is 1. The molecule has 0 radical (unpaired) electrons. The summed E-state index contributed by atoms with van der Waals surface area (Å²) in [6.45, 7) is 4.36. The molecule has 1 heterocycles. The van der Waals surface area contributed by atoms with Crippen LogP contribution < -0.4 is 5.43 Å². The number of carboxylic acid groups (broad SMARTS) is 1. The largest absolute Gasteiger partial charge is 0.477 e. The third-order valence-electron chi connectivity index (χ3n) is 3.18. The van der Waals surface area contributed by atoms with Crippen LogP contribution in [-0.4, -0.2) is 15.6 Å². The van der Waals surface area contributed by atoms with Crippen molar-refractivity contribution in [2.24, 2.45) is 0 Å². The molecule has 2 rings (SSSR count). The molecule has 98 valence electrons. The number of hydrogen-bond donors (Lipinski definition) is 1. The summed E-state index contributed by atoms with van der Waals surface area (Å²) in [4.78, 5) is 22.6. The van der Waals surface area contributed by atoms with Gasteiger partial charge in [0.25, 0.3) is 0 Å². The molecule has 0 saturated carbocycles. The minimum absolute atomic E-state index is 0.195. The Morgan fingerprint density at radius 1 is 1.26 bits per heavy atom. The smallest absolute Gasteiger partial charge is 0.341 e. The molecule has 19 heavy (non-hydrogen) atoms. The molecule has 1 N–H and O–H groups in total. The van der Waals surface area contributed by atoms with E-state index in [0.29, 0.717) is 6.54 Å². The summed E-state index contributed by atoms with van der Waals surface area (Å²) in [5, 5.41) is 8.99. The van der Waals surface area contributed by atoms with E-state index in [1.54, 1.807) is 11.5 Å². The third kappa shape index (κ3) is 2.73. The number of benzene rings is 1. The van der Waals surface area contributed by atoms with E-state index >= 15 is 0 Å². The fraction of sp³-hybridized carbons (Fsp3) is 0.200. The minimum Gasteiger partial charge on any atom is -0.477 e. The fourth-order valence-electron chi connectivity index (χ4n) is 1.97. The Labute approximate surface area is 110 Å². The zero-order chi connectivity index (χ0) is 14.0. The van der Waals surface area contributed by atoms with E-state index in [4.69, 9.17) is 5.11 Å². The summed E-state index contributed by atoms with van der Waals surface area (Å²) < 4.78 is 1.78. The minimum atomic E-state index is -1.19. The Hall–Kier alpha value is -2.36. The van der Waals surface area contributed by atoms with Gasteiger partial charge in [-0.25, -0.2) is 4.79 Å². The van der Waals surface area contributed by atoms with Gasteiger partial charge in [-0.15, -0.1) is 0 Å². The van der Waals surface area contributed by atoms with Crippen LogP contribution in [0.1, 0.15) is 27.2 Å². The number of hydrogen-bond acceptors (Lipinski definition) is 2. The maximum Gasteiger partial charge on any atom is 0.341 e. The molecule has 1 aromatic carbocycles. The maximum atomic E-state index is 11.6. The fourth-order valence-corrected chi connectivity index (χ4v) is 1.97. The Balaban J connectivity index is 2.46. The van der Waals surface area contributed by atoms with Gasteiger partial charge in [0.1, 0.15) is 5.56 Å². The van der Waals surface area contributed by atoms with Gasteiger partial charge in [-0.1, -0.05) is 24.3 Å². The van der Waals surface area contributed by atoms with E-state index in [0.717, 1.165) is 16.8 Å². The Bertz CT molecular complexity index is 686. The number of aromatic nitrogens is 1. The number of pyridine rings is 1. The van der Waals surface area contributed by atoms with E-state index in [9.17, 15) is 9.59 Å². The van der Waals surface area contributed by atoms with Gasteiger partial charge < -0.3 is 9.67 Å². The summed E-state index contributed by atoms with van der Waals surface area (Å²) in [7, 11) is 0. The first-order valence-corrected chi connectivity index (χ1v) is 5.98. The number of rotatable bonds is 3. The van der Waals surface area contributed by atoms with Crippen molar-refractivity contribution in [2.75, 3.05) is 0 Å². The van der Waals surface area contributed by atoms with Crippen LogP contribution >= 0.6 is 0 Å². The van der Waals surface area contributed by atoms with E-state index < -0.39 is 11.4 Å². The summed E-state index contributed by atoms with van der Waals surface area (Å²) in [5.74, 6) is -1.19. The van der Waals surface area contributed by atoms with Gasteiger partial charge in [0.15, 0.2) is 5.43 Å². The average molecular weight is 257 g/mol. The second kappa shape index (κ2) is 5.10. The van der Waals surface area contributed by atoms with E-state index in [1.807, 2.05) is 31.2 Å². The lowest BCUT2D eigenvalue weighted by atomic mass is 10.1. The van der Waals surface area contributed by atoms with Gasteiger partial charge in [0.05, 0.1) is 0 Å². The Morgan fingerprint density at radius 3 is 2.58 bits per heavy atom. The highest BCUT2D eigenvalue weighted by Gasteiger charge is 2.11. The van der Waals surface area contributed by atoms with Crippen LogP contribution in [0.2, 0.25) is 0 Å². The van der Waals surface area contributed by atoms with Crippen LogP contribution in [-0.2, 0) is 6.54 Å². The highest BCUT2D eigenvalue weighted by Crippen LogP contribution is 2.11. The molecule has 2 aromatic rings. The molecule has 0 saturated heterocycles. The molecular formula is C15H15NO3. The highest BCUT2D eigenvalue weighted by atomic mass is 16.4. The molecule has 0 aliphatic carbocycles. The quantitative estimate of drug-likeness (QED) is 0.917. The SMILES string of the molecule is Cc1ccccc1Cn1cc(C(=O)O)c(=O)cc1C. The molecule has 0 spiro atoms. The molecule has 0 bridgehead atoms. The predicted molar refractivity (Wildman–Crippen MR) is 72.7 cm³/mol. The van der Waals surface area contributed by atoms with Gasteiger partial charge in [-0.3, -0.25) is 4.79 Å². The van der Waals surface area contributed by atoms with Crippen molar-refractivity contribution in [2.45, 2.75) is 20.4 Å². The van der Waals surface area contributed by atoms with Crippen LogP contribution in [0.25, 0.3) is 0 Å². The molecule has 0 amide bonds. The number of carbonyl (C=O) groups is 1. The molecule has 0 fully saturated rings. The standard InChI is InChI=1S/C15H15NO3/c1-10-5-3-4-6-12(10)8-16-9-13(15(18)19)14(17)7-11(16)2/h3-7,9H,8H2,1-2H3,(H,18,19). The molecule has 0 aliphatic heterocycles. The van der Waals surface area contributed by atoms with Gasteiger partial charge in [-0.2, -0.15) is 0 Å². The molecular weight excluding hydrogens is 242 g/mol. The highest BCUT2D eigenvalue weighted by molar-refractivity contribution is 5.87. The monoisotopic (exact) mass is 257 g/mol. The zero-order valence-electron chi connectivity index (χ0n) is 10.9. The van der Waals surface area contributed by atoms with Gasteiger partial charge >= 0.3 is 5.97 Å². The first kappa shape index (κ1) is 13.1. The maximum absolute atomic E-state index is 11.6. The summed E-state index contributed by atoms with van der Waals surface area (Å²) in [6, 6.07) is 9.26. The van der Waals surface area contributed by atoms with E-state index in [1.165, 1.54) is 12.3 Å². The average Bonchev–Trinajstić information content (AvgIpc) is 2.34. The van der Waals surface area contributed by atoms with Crippen molar-refractivity contribution < 1.29 is 9.90 Å². The third-order valence-corrected chi connectivity index (χ3v) is 3.18. The van der Waals surface area contributed by atoms with Crippen molar-refractivity contribution in [3.8, 4) is 0 Å². The van der Waals surface area contributed by atoms with Crippen molar-refractivity contribution in [1.29, 1.82) is 0 Å².